The van der Waals surface area contributed by atoms with E-state index in [-0.39, 0.29) is 18.1 Å². The molecule has 17 heavy (non-hydrogen) atoms. The largest absolute Gasteiger partial charge is 0.508 e. The molecule has 0 aliphatic heterocycles. The van der Waals surface area contributed by atoms with Gasteiger partial charge >= 0.3 is 0 Å². The van der Waals surface area contributed by atoms with Crippen LogP contribution in [0.2, 0.25) is 0 Å². The van der Waals surface area contributed by atoms with Crippen LogP contribution >= 0.6 is 0 Å². The lowest BCUT2D eigenvalue weighted by Gasteiger charge is -2.19. The monoisotopic (exact) mass is 235 g/mol. The summed E-state index contributed by atoms with van der Waals surface area (Å²) in [5.41, 5.74) is 2.24. The fraction of sp³-hybridized carbons (Fsp3) is 0.571. The maximum atomic E-state index is 9.78. The number of hydrogen-bond acceptors (Lipinski definition) is 3. The van der Waals surface area contributed by atoms with Gasteiger partial charge in [0.15, 0.2) is 0 Å². The standard InChI is InChI=1S/C14H21NO2/c1-9(2)14(17)8-15-12-7-6-11-10(12)4-3-5-13(11)16/h3-5,9,12,14-17H,6-8H2,1-2H3. The molecule has 1 aliphatic rings. The summed E-state index contributed by atoms with van der Waals surface area (Å²) < 4.78 is 0. The number of fused-ring (bicyclic) bond motifs is 1. The minimum absolute atomic E-state index is 0.269. The minimum Gasteiger partial charge on any atom is -0.508 e. The summed E-state index contributed by atoms with van der Waals surface area (Å²) in [6.07, 6.45) is 1.60. The molecule has 94 valence electrons. The van der Waals surface area contributed by atoms with Crippen molar-refractivity contribution < 1.29 is 10.2 Å². The highest BCUT2D eigenvalue weighted by Gasteiger charge is 2.24. The molecule has 0 saturated carbocycles. The highest BCUT2D eigenvalue weighted by molar-refractivity contribution is 5.44. The normalized spacial score (nSPS) is 20.6. The van der Waals surface area contributed by atoms with Gasteiger partial charge in [-0.25, -0.2) is 0 Å². The number of aliphatic hydroxyl groups excluding tert-OH is 1. The fourth-order valence-electron chi connectivity index (χ4n) is 2.35. The number of rotatable bonds is 4. The SMILES string of the molecule is CC(C)C(O)CNC1CCc2c(O)cccc21. The van der Waals surface area contributed by atoms with E-state index in [1.54, 1.807) is 6.07 Å². The summed E-state index contributed by atoms with van der Waals surface area (Å²) in [5, 5.41) is 22.9. The van der Waals surface area contributed by atoms with Crippen molar-refractivity contribution in [1.82, 2.24) is 5.32 Å². The molecule has 0 radical (unpaired) electrons. The first kappa shape index (κ1) is 12.4. The first-order valence-electron chi connectivity index (χ1n) is 6.31. The molecule has 3 nitrogen and oxygen atoms in total. The van der Waals surface area contributed by atoms with Crippen LogP contribution in [-0.2, 0) is 6.42 Å². The van der Waals surface area contributed by atoms with E-state index in [4.69, 9.17) is 0 Å². The molecular formula is C14H21NO2. The number of benzene rings is 1. The van der Waals surface area contributed by atoms with E-state index < -0.39 is 0 Å². The molecule has 0 amide bonds. The van der Waals surface area contributed by atoms with Crippen molar-refractivity contribution >= 4 is 0 Å². The molecule has 2 atom stereocenters. The van der Waals surface area contributed by atoms with Crippen LogP contribution < -0.4 is 5.32 Å². The topological polar surface area (TPSA) is 52.5 Å². The Morgan fingerprint density at radius 2 is 2.18 bits per heavy atom. The van der Waals surface area contributed by atoms with E-state index in [0.29, 0.717) is 12.3 Å². The zero-order chi connectivity index (χ0) is 12.4. The average molecular weight is 235 g/mol. The van der Waals surface area contributed by atoms with Gasteiger partial charge in [-0.15, -0.1) is 0 Å². The molecule has 3 N–H and O–H groups in total. The first-order chi connectivity index (χ1) is 8.09. The van der Waals surface area contributed by atoms with Crippen molar-refractivity contribution in [2.24, 2.45) is 5.92 Å². The number of aromatic hydroxyl groups is 1. The van der Waals surface area contributed by atoms with Gasteiger partial charge in [0.25, 0.3) is 0 Å². The summed E-state index contributed by atoms with van der Waals surface area (Å²) in [4.78, 5) is 0. The summed E-state index contributed by atoms with van der Waals surface area (Å²) in [7, 11) is 0. The van der Waals surface area contributed by atoms with E-state index in [1.807, 2.05) is 19.9 Å². The highest BCUT2D eigenvalue weighted by atomic mass is 16.3. The van der Waals surface area contributed by atoms with Crippen LogP contribution in [0.15, 0.2) is 18.2 Å². The number of phenolic OH excluding ortho intramolecular Hbond substituents is 1. The lowest BCUT2D eigenvalue weighted by atomic mass is 10.1. The Balaban J connectivity index is 2.00. The quantitative estimate of drug-likeness (QED) is 0.748. The zero-order valence-corrected chi connectivity index (χ0v) is 10.5. The average Bonchev–Trinajstić information content (AvgIpc) is 2.70. The van der Waals surface area contributed by atoms with Crippen LogP contribution in [0.5, 0.6) is 5.75 Å². The van der Waals surface area contributed by atoms with Crippen molar-refractivity contribution in [2.75, 3.05) is 6.54 Å². The molecule has 1 aromatic rings. The molecular weight excluding hydrogens is 214 g/mol. The maximum absolute atomic E-state index is 9.78. The second kappa shape index (κ2) is 5.07. The molecule has 0 heterocycles. The van der Waals surface area contributed by atoms with Gasteiger partial charge in [-0.3, -0.25) is 0 Å². The van der Waals surface area contributed by atoms with Crippen LogP contribution in [-0.4, -0.2) is 22.9 Å². The Bertz CT molecular complexity index is 390. The summed E-state index contributed by atoms with van der Waals surface area (Å²) in [6, 6.07) is 5.95. The van der Waals surface area contributed by atoms with Gasteiger partial charge in [-0.2, -0.15) is 0 Å². The van der Waals surface area contributed by atoms with Crippen molar-refractivity contribution in [3.05, 3.63) is 29.3 Å². The van der Waals surface area contributed by atoms with Crippen molar-refractivity contribution in [1.29, 1.82) is 0 Å². The summed E-state index contributed by atoms with van der Waals surface area (Å²) >= 11 is 0. The second-order valence-corrected chi connectivity index (χ2v) is 5.16. The Kier molecular flexibility index (Phi) is 3.69. The lowest BCUT2D eigenvalue weighted by molar-refractivity contribution is 0.120. The molecule has 0 spiro atoms. The number of nitrogens with one attached hydrogen (secondary N) is 1. The maximum Gasteiger partial charge on any atom is 0.119 e. The number of aliphatic hydroxyl groups is 1. The van der Waals surface area contributed by atoms with Gasteiger partial charge in [-0.1, -0.05) is 26.0 Å². The fourth-order valence-corrected chi connectivity index (χ4v) is 2.35. The van der Waals surface area contributed by atoms with Crippen LogP contribution in [0.25, 0.3) is 0 Å². The number of hydrogen-bond donors (Lipinski definition) is 3. The third kappa shape index (κ3) is 2.61. The minimum atomic E-state index is -0.309. The van der Waals surface area contributed by atoms with E-state index in [1.165, 1.54) is 5.56 Å². The van der Waals surface area contributed by atoms with Crippen molar-refractivity contribution in [3.8, 4) is 5.75 Å². The third-order valence-corrected chi connectivity index (χ3v) is 3.59. The predicted octanol–water partition coefficient (Wildman–Crippen LogP) is 1.99. The van der Waals surface area contributed by atoms with Crippen molar-refractivity contribution in [2.45, 2.75) is 38.8 Å². The predicted molar refractivity (Wildman–Crippen MR) is 68.0 cm³/mol. The Morgan fingerprint density at radius 1 is 1.41 bits per heavy atom. The van der Waals surface area contributed by atoms with Gasteiger partial charge in [0.2, 0.25) is 0 Å². The summed E-state index contributed by atoms with van der Waals surface area (Å²) in [6.45, 7) is 4.64. The van der Waals surface area contributed by atoms with E-state index in [0.717, 1.165) is 18.4 Å². The molecule has 0 bridgehead atoms. The third-order valence-electron chi connectivity index (χ3n) is 3.59. The molecule has 1 aromatic carbocycles. The summed E-state index contributed by atoms with van der Waals surface area (Å²) in [5.74, 6) is 0.670. The highest BCUT2D eigenvalue weighted by Crippen LogP contribution is 2.36. The van der Waals surface area contributed by atoms with Crippen LogP contribution in [0, 0.1) is 5.92 Å². The molecule has 0 fully saturated rings. The molecule has 2 unspecified atom stereocenters. The molecule has 1 aliphatic carbocycles. The van der Waals surface area contributed by atoms with Gasteiger partial charge in [0, 0.05) is 12.6 Å². The van der Waals surface area contributed by atoms with E-state index >= 15 is 0 Å². The molecule has 0 saturated heterocycles. The molecule has 3 heteroatoms. The lowest BCUT2D eigenvalue weighted by Crippen LogP contribution is -2.32. The Morgan fingerprint density at radius 3 is 2.88 bits per heavy atom. The van der Waals surface area contributed by atoms with Crippen LogP contribution in [0.3, 0.4) is 0 Å². The van der Waals surface area contributed by atoms with Gasteiger partial charge < -0.3 is 15.5 Å². The zero-order valence-electron chi connectivity index (χ0n) is 10.5. The number of phenols is 1. The molecule has 0 aromatic heterocycles. The second-order valence-electron chi connectivity index (χ2n) is 5.16. The smallest absolute Gasteiger partial charge is 0.119 e. The van der Waals surface area contributed by atoms with Crippen LogP contribution in [0.4, 0.5) is 0 Å². The Hall–Kier alpha value is -1.06. The van der Waals surface area contributed by atoms with E-state index in [9.17, 15) is 10.2 Å². The van der Waals surface area contributed by atoms with Gasteiger partial charge in [0.1, 0.15) is 5.75 Å². The van der Waals surface area contributed by atoms with Crippen molar-refractivity contribution in [3.63, 3.8) is 0 Å². The van der Waals surface area contributed by atoms with Gasteiger partial charge in [-0.05, 0) is 36.0 Å². The van der Waals surface area contributed by atoms with Crippen LogP contribution in [0.1, 0.15) is 37.4 Å². The molecule has 2 rings (SSSR count). The Labute approximate surface area is 102 Å². The first-order valence-corrected chi connectivity index (χ1v) is 6.31. The van der Waals surface area contributed by atoms with Gasteiger partial charge in [0.05, 0.1) is 6.10 Å². The van der Waals surface area contributed by atoms with E-state index in [2.05, 4.69) is 11.4 Å².